The molecule has 0 spiro atoms. The van der Waals surface area contributed by atoms with E-state index in [1.807, 2.05) is 0 Å². The predicted molar refractivity (Wildman–Crippen MR) is 124 cm³/mol. The van der Waals surface area contributed by atoms with Crippen molar-refractivity contribution in [2.75, 3.05) is 28.4 Å². The van der Waals surface area contributed by atoms with Crippen molar-refractivity contribution in [1.82, 2.24) is 0 Å². The summed E-state index contributed by atoms with van der Waals surface area (Å²) in [6, 6.07) is 16.7. The van der Waals surface area contributed by atoms with Gasteiger partial charge in [0.25, 0.3) is 0 Å². The number of methoxy groups -OCH3 is 4. The molecule has 170 valence electrons. The van der Waals surface area contributed by atoms with Crippen molar-refractivity contribution < 1.29 is 33.3 Å². The first-order valence-corrected chi connectivity index (χ1v) is 9.97. The topological polar surface area (TPSA) is 80.3 Å². The zero-order chi connectivity index (χ0) is 23.8. The Labute approximate surface area is 192 Å². The molecule has 0 unspecified atom stereocenters. The highest BCUT2D eigenvalue weighted by Gasteiger charge is 2.18. The Morgan fingerprint density at radius 3 is 1.94 bits per heavy atom. The van der Waals surface area contributed by atoms with E-state index in [4.69, 9.17) is 23.7 Å². The van der Waals surface area contributed by atoms with Gasteiger partial charge in [0, 0.05) is 5.56 Å². The van der Waals surface area contributed by atoms with Crippen LogP contribution in [0, 0.1) is 0 Å². The van der Waals surface area contributed by atoms with Gasteiger partial charge in [-0.15, -0.1) is 0 Å². The van der Waals surface area contributed by atoms with Gasteiger partial charge in [-0.05, 0) is 60.2 Å². The summed E-state index contributed by atoms with van der Waals surface area (Å²) in [5, 5.41) is 0. The lowest BCUT2D eigenvalue weighted by Crippen LogP contribution is -2.09. The molecule has 7 heteroatoms. The summed E-state index contributed by atoms with van der Waals surface area (Å²) in [6.07, 6.45) is 3.12. The van der Waals surface area contributed by atoms with Crippen LogP contribution in [0.15, 0.2) is 66.7 Å². The number of rotatable bonds is 9. The zero-order valence-corrected chi connectivity index (χ0v) is 18.8. The molecule has 0 aliphatic rings. The smallest absolute Gasteiger partial charge is 0.343 e. The normalized spacial score (nSPS) is 10.5. The van der Waals surface area contributed by atoms with Gasteiger partial charge in [0.05, 0.1) is 34.0 Å². The molecule has 0 bridgehead atoms. The van der Waals surface area contributed by atoms with Gasteiger partial charge in [0.1, 0.15) is 11.5 Å². The summed E-state index contributed by atoms with van der Waals surface area (Å²) in [5.41, 5.74) is 1.48. The molecule has 0 fully saturated rings. The quantitative estimate of drug-likeness (QED) is 0.201. The second-order valence-electron chi connectivity index (χ2n) is 6.80. The standard InChI is InChI=1S/C26H24O7/c1-29-20-11-9-18(10-12-20)22(27)13-8-17-6-5-7-21(14-17)33-26(28)19-15-23(30-2)25(32-4)24(16-19)31-3/h5-16H,1-4H3/b13-8+. The van der Waals surface area contributed by atoms with Crippen molar-refractivity contribution in [3.63, 3.8) is 0 Å². The lowest BCUT2D eigenvalue weighted by Gasteiger charge is -2.13. The maximum absolute atomic E-state index is 12.7. The Balaban J connectivity index is 1.75. The van der Waals surface area contributed by atoms with E-state index in [-0.39, 0.29) is 11.3 Å². The Hall–Kier alpha value is -4.26. The molecule has 0 saturated carbocycles. The molecule has 0 aromatic heterocycles. The third-order valence-corrected chi connectivity index (χ3v) is 4.77. The summed E-state index contributed by atoms with van der Waals surface area (Å²) in [5.74, 6) is 1.33. The average molecular weight is 448 g/mol. The highest BCUT2D eigenvalue weighted by Crippen LogP contribution is 2.38. The van der Waals surface area contributed by atoms with Crippen molar-refractivity contribution in [3.05, 3.63) is 83.4 Å². The monoisotopic (exact) mass is 448 g/mol. The Bertz CT molecular complexity index is 1140. The van der Waals surface area contributed by atoms with Gasteiger partial charge in [0.15, 0.2) is 17.3 Å². The third-order valence-electron chi connectivity index (χ3n) is 4.77. The summed E-state index contributed by atoms with van der Waals surface area (Å²) >= 11 is 0. The Morgan fingerprint density at radius 1 is 0.697 bits per heavy atom. The van der Waals surface area contributed by atoms with E-state index in [1.54, 1.807) is 61.7 Å². The van der Waals surface area contributed by atoms with Crippen LogP contribution in [0.2, 0.25) is 0 Å². The maximum Gasteiger partial charge on any atom is 0.343 e. The molecule has 0 aliphatic carbocycles. The second kappa shape index (κ2) is 10.9. The SMILES string of the molecule is COc1ccc(C(=O)/C=C/c2cccc(OC(=O)c3cc(OC)c(OC)c(OC)c3)c2)cc1. The van der Waals surface area contributed by atoms with Crippen LogP contribution in [-0.2, 0) is 0 Å². The van der Waals surface area contributed by atoms with E-state index >= 15 is 0 Å². The fourth-order valence-corrected chi connectivity index (χ4v) is 3.07. The summed E-state index contributed by atoms with van der Waals surface area (Å²) in [7, 11) is 5.99. The van der Waals surface area contributed by atoms with Crippen LogP contribution in [0.4, 0.5) is 0 Å². The van der Waals surface area contributed by atoms with Gasteiger partial charge in [-0.2, -0.15) is 0 Å². The lowest BCUT2D eigenvalue weighted by atomic mass is 10.1. The molecule has 0 N–H and O–H groups in total. The molecule has 0 radical (unpaired) electrons. The molecule has 0 aliphatic heterocycles. The van der Waals surface area contributed by atoms with E-state index in [1.165, 1.54) is 39.5 Å². The predicted octanol–water partition coefficient (Wildman–Crippen LogP) is 4.84. The highest BCUT2D eigenvalue weighted by molar-refractivity contribution is 6.06. The van der Waals surface area contributed by atoms with Crippen LogP contribution in [0.1, 0.15) is 26.3 Å². The van der Waals surface area contributed by atoms with Crippen LogP contribution >= 0.6 is 0 Å². The molecule has 33 heavy (non-hydrogen) atoms. The maximum atomic E-state index is 12.7. The summed E-state index contributed by atoms with van der Waals surface area (Å²) in [6.45, 7) is 0. The van der Waals surface area contributed by atoms with Gasteiger partial charge in [-0.25, -0.2) is 4.79 Å². The minimum atomic E-state index is -0.593. The van der Waals surface area contributed by atoms with E-state index in [9.17, 15) is 9.59 Å². The van der Waals surface area contributed by atoms with Crippen molar-refractivity contribution in [2.24, 2.45) is 0 Å². The fraction of sp³-hybridized carbons (Fsp3) is 0.154. The molecule has 0 atom stereocenters. The van der Waals surface area contributed by atoms with E-state index in [0.717, 1.165) is 0 Å². The van der Waals surface area contributed by atoms with Crippen molar-refractivity contribution >= 4 is 17.8 Å². The van der Waals surface area contributed by atoms with Crippen molar-refractivity contribution in [2.45, 2.75) is 0 Å². The fourth-order valence-electron chi connectivity index (χ4n) is 3.07. The van der Waals surface area contributed by atoms with Gasteiger partial charge < -0.3 is 23.7 Å². The molecule has 0 saturated heterocycles. The second-order valence-corrected chi connectivity index (χ2v) is 6.80. The van der Waals surface area contributed by atoms with E-state index in [0.29, 0.717) is 39.9 Å². The Morgan fingerprint density at radius 2 is 1.36 bits per heavy atom. The molecule has 0 heterocycles. The summed E-state index contributed by atoms with van der Waals surface area (Å²) < 4.78 is 26.4. The minimum absolute atomic E-state index is 0.155. The third kappa shape index (κ3) is 5.71. The molecule has 3 rings (SSSR count). The first kappa shape index (κ1) is 23.4. The molecule has 3 aromatic rings. The van der Waals surface area contributed by atoms with Crippen LogP contribution in [0.3, 0.4) is 0 Å². The van der Waals surface area contributed by atoms with Crippen LogP contribution < -0.4 is 23.7 Å². The number of hydrogen-bond acceptors (Lipinski definition) is 7. The molecular weight excluding hydrogens is 424 g/mol. The first-order valence-electron chi connectivity index (χ1n) is 9.97. The number of ketones is 1. The van der Waals surface area contributed by atoms with E-state index < -0.39 is 5.97 Å². The van der Waals surface area contributed by atoms with Crippen LogP contribution in [0.5, 0.6) is 28.7 Å². The number of carbonyl (C=O) groups is 2. The van der Waals surface area contributed by atoms with Gasteiger partial charge in [-0.1, -0.05) is 18.2 Å². The van der Waals surface area contributed by atoms with Gasteiger partial charge in [-0.3, -0.25) is 4.79 Å². The number of esters is 1. The van der Waals surface area contributed by atoms with Crippen LogP contribution in [-0.4, -0.2) is 40.2 Å². The molecule has 0 amide bonds. The molecular formula is C26H24O7. The number of benzene rings is 3. The van der Waals surface area contributed by atoms with Crippen molar-refractivity contribution in [3.8, 4) is 28.7 Å². The minimum Gasteiger partial charge on any atom is -0.497 e. The Kier molecular flexibility index (Phi) is 7.70. The highest BCUT2D eigenvalue weighted by atomic mass is 16.5. The number of allylic oxidation sites excluding steroid dienone is 1. The zero-order valence-electron chi connectivity index (χ0n) is 18.8. The largest absolute Gasteiger partial charge is 0.497 e. The number of ether oxygens (including phenoxy) is 5. The number of carbonyl (C=O) groups excluding carboxylic acids is 2. The van der Waals surface area contributed by atoms with Gasteiger partial charge >= 0.3 is 5.97 Å². The average Bonchev–Trinajstić information content (AvgIpc) is 2.86. The lowest BCUT2D eigenvalue weighted by molar-refractivity contribution is 0.0733. The van der Waals surface area contributed by atoms with Crippen molar-refractivity contribution in [1.29, 1.82) is 0 Å². The number of hydrogen-bond donors (Lipinski definition) is 0. The van der Waals surface area contributed by atoms with Crippen LogP contribution in [0.25, 0.3) is 6.08 Å². The molecule has 7 nitrogen and oxygen atoms in total. The first-order chi connectivity index (χ1) is 16.0. The van der Waals surface area contributed by atoms with E-state index in [2.05, 4.69) is 0 Å². The summed E-state index contributed by atoms with van der Waals surface area (Å²) in [4.78, 5) is 25.1. The van der Waals surface area contributed by atoms with Gasteiger partial charge in [0.2, 0.25) is 5.75 Å². The molecule has 3 aromatic carbocycles.